The van der Waals surface area contributed by atoms with E-state index in [0.29, 0.717) is 29.8 Å². The van der Waals surface area contributed by atoms with Gasteiger partial charge in [0, 0.05) is 29.8 Å². The first kappa shape index (κ1) is 16.9. The number of rotatable bonds is 2. The molecule has 0 bridgehead atoms. The first-order valence-corrected chi connectivity index (χ1v) is 8.63. The third-order valence-corrected chi connectivity index (χ3v) is 4.95. The summed E-state index contributed by atoms with van der Waals surface area (Å²) in [6.45, 7) is 2.15. The number of carbonyl (C=O) groups is 3. The van der Waals surface area contributed by atoms with E-state index in [0.717, 1.165) is 16.8 Å². The predicted octanol–water partition coefficient (Wildman–Crippen LogP) is 1.69. The van der Waals surface area contributed by atoms with Gasteiger partial charge in [0.2, 0.25) is 11.8 Å². The Balaban J connectivity index is 1.68. The molecular weight excluding hydrogens is 344 g/mol. The topological polar surface area (TPSA) is 103 Å². The fourth-order valence-electron chi connectivity index (χ4n) is 3.59. The number of imide groups is 1. The highest BCUT2D eigenvalue weighted by Crippen LogP contribution is 2.31. The monoisotopic (exact) mass is 360 g/mol. The first-order valence-electron chi connectivity index (χ1n) is 8.63. The van der Waals surface area contributed by atoms with E-state index < -0.39 is 11.9 Å². The Morgan fingerprint density at radius 2 is 2.04 bits per heavy atom. The van der Waals surface area contributed by atoms with E-state index in [1.807, 2.05) is 13.0 Å². The van der Waals surface area contributed by atoms with Crippen molar-refractivity contribution in [1.82, 2.24) is 15.2 Å². The van der Waals surface area contributed by atoms with Crippen LogP contribution in [0.3, 0.4) is 0 Å². The molecule has 0 saturated carbocycles. The van der Waals surface area contributed by atoms with Crippen LogP contribution in [0.5, 0.6) is 0 Å². The van der Waals surface area contributed by atoms with E-state index in [1.165, 1.54) is 4.90 Å². The van der Waals surface area contributed by atoms with Crippen molar-refractivity contribution in [2.24, 2.45) is 0 Å². The number of amides is 3. The molecule has 3 heterocycles. The van der Waals surface area contributed by atoms with Gasteiger partial charge < -0.3 is 4.90 Å². The van der Waals surface area contributed by atoms with Gasteiger partial charge in [0.15, 0.2) is 0 Å². The van der Waals surface area contributed by atoms with Gasteiger partial charge in [-0.05, 0) is 43.2 Å². The van der Waals surface area contributed by atoms with Gasteiger partial charge in [-0.1, -0.05) is 6.07 Å². The standard InChI is InChI=1S/C20H16N4O3/c1-11-2-3-13(9-21)18(22-11)12-4-5-15-14(8-12)10-24(20(15)27)16-6-7-17(25)23-19(16)26/h2-5,8,16H,6-7,10H2,1H3,(H,23,25,26). The number of aromatic nitrogens is 1. The van der Waals surface area contributed by atoms with Gasteiger partial charge in [-0.3, -0.25) is 24.7 Å². The number of fused-ring (bicyclic) bond motifs is 1. The number of hydrogen-bond acceptors (Lipinski definition) is 5. The average molecular weight is 360 g/mol. The molecule has 1 fully saturated rings. The quantitative estimate of drug-likeness (QED) is 0.821. The predicted molar refractivity (Wildman–Crippen MR) is 95.2 cm³/mol. The number of pyridine rings is 1. The second-order valence-electron chi connectivity index (χ2n) is 6.73. The van der Waals surface area contributed by atoms with Crippen molar-refractivity contribution < 1.29 is 14.4 Å². The molecule has 0 aliphatic carbocycles. The molecule has 2 aliphatic heterocycles. The Kier molecular flexibility index (Phi) is 3.96. The van der Waals surface area contributed by atoms with Crippen molar-refractivity contribution in [3.63, 3.8) is 0 Å². The molecule has 2 aliphatic rings. The van der Waals surface area contributed by atoms with Gasteiger partial charge in [-0.25, -0.2) is 0 Å². The number of piperidine rings is 1. The average Bonchev–Trinajstić information content (AvgIpc) is 2.97. The lowest BCUT2D eigenvalue weighted by atomic mass is 10.0. The molecule has 1 unspecified atom stereocenters. The van der Waals surface area contributed by atoms with Crippen LogP contribution in [0.4, 0.5) is 0 Å². The normalized spacial score (nSPS) is 18.9. The lowest BCUT2D eigenvalue weighted by Gasteiger charge is -2.29. The Bertz CT molecular complexity index is 1040. The molecule has 3 amide bonds. The molecule has 1 aromatic carbocycles. The maximum atomic E-state index is 12.7. The van der Waals surface area contributed by atoms with Gasteiger partial charge in [0.05, 0.1) is 11.3 Å². The van der Waals surface area contributed by atoms with Gasteiger partial charge in [0.1, 0.15) is 12.1 Å². The van der Waals surface area contributed by atoms with Crippen LogP contribution < -0.4 is 5.32 Å². The number of nitrogens with zero attached hydrogens (tertiary/aromatic N) is 3. The van der Waals surface area contributed by atoms with E-state index >= 15 is 0 Å². The van der Waals surface area contributed by atoms with E-state index in [1.54, 1.807) is 24.3 Å². The molecule has 1 N–H and O–H groups in total. The zero-order chi connectivity index (χ0) is 19.1. The summed E-state index contributed by atoms with van der Waals surface area (Å²) in [6.07, 6.45) is 0.551. The molecule has 1 saturated heterocycles. The van der Waals surface area contributed by atoms with Crippen LogP contribution in [-0.2, 0) is 16.1 Å². The highest BCUT2D eigenvalue weighted by atomic mass is 16.2. The molecule has 134 valence electrons. The summed E-state index contributed by atoms with van der Waals surface area (Å²) in [6, 6.07) is 10.3. The maximum Gasteiger partial charge on any atom is 0.255 e. The largest absolute Gasteiger partial charge is 0.322 e. The summed E-state index contributed by atoms with van der Waals surface area (Å²) in [5, 5.41) is 11.6. The van der Waals surface area contributed by atoms with E-state index in [2.05, 4.69) is 16.4 Å². The minimum Gasteiger partial charge on any atom is -0.322 e. The number of nitriles is 1. The van der Waals surface area contributed by atoms with E-state index in [4.69, 9.17) is 0 Å². The first-order chi connectivity index (χ1) is 13.0. The van der Waals surface area contributed by atoms with Crippen LogP contribution in [0.15, 0.2) is 30.3 Å². The molecule has 0 spiro atoms. The highest BCUT2D eigenvalue weighted by Gasteiger charge is 2.39. The van der Waals surface area contributed by atoms with Crippen LogP contribution in [0.25, 0.3) is 11.3 Å². The van der Waals surface area contributed by atoms with Gasteiger partial charge in [-0.2, -0.15) is 5.26 Å². The molecule has 0 radical (unpaired) electrons. The van der Waals surface area contributed by atoms with Gasteiger partial charge in [-0.15, -0.1) is 0 Å². The molecular formula is C20H16N4O3. The number of carbonyl (C=O) groups excluding carboxylic acids is 3. The maximum absolute atomic E-state index is 12.7. The summed E-state index contributed by atoms with van der Waals surface area (Å²) in [5.74, 6) is -0.958. The Hall–Kier alpha value is -3.53. The van der Waals surface area contributed by atoms with Gasteiger partial charge in [0.25, 0.3) is 5.91 Å². The van der Waals surface area contributed by atoms with Crippen molar-refractivity contribution in [3.05, 3.63) is 52.7 Å². The Morgan fingerprint density at radius 3 is 2.78 bits per heavy atom. The number of benzene rings is 1. The second-order valence-corrected chi connectivity index (χ2v) is 6.73. The van der Waals surface area contributed by atoms with Crippen molar-refractivity contribution in [2.45, 2.75) is 32.4 Å². The SMILES string of the molecule is Cc1ccc(C#N)c(-c2ccc3c(c2)CN(C2CCC(=O)NC2=O)C3=O)n1. The van der Waals surface area contributed by atoms with Crippen LogP contribution in [0.1, 0.15) is 40.0 Å². The lowest BCUT2D eigenvalue weighted by molar-refractivity contribution is -0.136. The fraction of sp³-hybridized carbons (Fsp3) is 0.250. The highest BCUT2D eigenvalue weighted by molar-refractivity contribution is 6.05. The van der Waals surface area contributed by atoms with Crippen LogP contribution in [0, 0.1) is 18.3 Å². The van der Waals surface area contributed by atoms with Crippen LogP contribution in [0.2, 0.25) is 0 Å². The van der Waals surface area contributed by atoms with E-state index in [9.17, 15) is 19.6 Å². The lowest BCUT2D eigenvalue weighted by Crippen LogP contribution is -2.52. The second kappa shape index (κ2) is 6.32. The van der Waals surface area contributed by atoms with Crippen molar-refractivity contribution >= 4 is 17.7 Å². The molecule has 4 rings (SSSR count). The molecule has 1 aromatic heterocycles. The third-order valence-electron chi connectivity index (χ3n) is 4.95. The number of aryl methyl sites for hydroxylation is 1. The van der Waals surface area contributed by atoms with Crippen LogP contribution >= 0.6 is 0 Å². The third kappa shape index (κ3) is 2.85. The molecule has 2 aromatic rings. The minimum atomic E-state index is -0.641. The van der Waals surface area contributed by atoms with Crippen molar-refractivity contribution in [2.75, 3.05) is 0 Å². The smallest absolute Gasteiger partial charge is 0.255 e. The summed E-state index contributed by atoms with van der Waals surface area (Å²) in [5.41, 5.74) is 3.92. The van der Waals surface area contributed by atoms with Crippen molar-refractivity contribution in [1.29, 1.82) is 5.26 Å². The summed E-state index contributed by atoms with van der Waals surface area (Å²) in [4.78, 5) is 42.2. The summed E-state index contributed by atoms with van der Waals surface area (Å²) in [7, 11) is 0. The zero-order valence-corrected chi connectivity index (χ0v) is 14.7. The van der Waals surface area contributed by atoms with Crippen LogP contribution in [-0.4, -0.2) is 33.6 Å². The van der Waals surface area contributed by atoms with Crippen molar-refractivity contribution in [3.8, 4) is 17.3 Å². The Labute approximate surface area is 155 Å². The number of nitrogens with one attached hydrogen (secondary N) is 1. The molecule has 7 nitrogen and oxygen atoms in total. The number of hydrogen-bond donors (Lipinski definition) is 1. The Morgan fingerprint density at radius 1 is 1.22 bits per heavy atom. The van der Waals surface area contributed by atoms with E-state index in [-0.39, 0.29) is 18.2 Å². The molecule has 27 heavy (non-hydrogen) atoms. The molecule has 7 heteroatoms. The molecule has 1 atom stereocenters. The zero-order valence-electron chi connectivity index (χ0n) is 14.7. The fourth-order valence-corrected chi connectivity index (χ4v) is 3.59. The minimum absolute atomic E-state index is 0.219. The van der Waals surface area contributed by atoms with Gasteiger partial charge >= 0.3 is 0 Å². The summed E-state index contributed by atoms with van der Waals surface area (Å²) < 4.78 is 0. The summed E-state index contributed by atoms with van der Waals surface area (Å²) >= 11 is 0.